The van der Waals surface area contributed by atoms with Crippen molar-refractivity contribution >= 4 is 11.6 Å². The number of hydrogen-bond donors (Lipinski definition) is 0. The highest BCUT2D eigenvalue weighted by Gasteiger charge is 2.10. The van der Waals surface area contributed by atoms with Crippen LogP contribution in [0.1, 0.15) is 26.7 Å². The molecule has 2 heteroatoms. The largest absolute Gasteiger partial charge is 0.371 e. The normalized spacial score (nSPS) is 22.8. The van der Waals surface area contributed by atoms with E-state index in [4.69, 9.17) is 11.6 Å². The Kier molecular flexibility index (Phi) is 3.67. The smallest absolute Gasteiger partial charge is 0.0456 e. The molecule has 0 aromatic heterocycles. The third-order valence-corrected chi connectivity index (χ3v) is 2.37. The van der Waals surface area contributed by atoms with Crippen molar-refractivity contribution in [2.75, 3.05) is 6.54 Å². The van der Waals surface area contributed by atoms with Crippen LogP contribution in [0.15, 0.2) is 23.4 Å². The van der Waals surface area contributed by atoms with E-state index in [1.165, 1.54) is 12.8 Å². The number of unbranched alkanes of at least 4 members (excludes halogenated alkanes) is 1. The van der Waals surface area contributed by atoms with Crippen LogP contribution in [0.2, 0.25) is 0 Å². The van der Waals surface area contributed by atoms with Crippen molar-refractivity contribution in [3.05, 3.63) is 23.4 Å². The van der Waals surface area contributed by atoms with Crippen LogP contribution in [-0.2, 0) is 0 Å². The lowest BCUT2D eigenvalue weighted by atomic mass is 10.2. The summed E-state index contributed by atoms with van der Waals surface area (Å²) < 4.78 is 0. The van der Waals surface area contributed by atoms with Crippen LogP contribution in [0, 0.1) is 0 Å². The highest BCUT2D eigenvalue weighted by atomic mass is 35.5. The van der Waals surface area contributed by atoms with Crippen molar-refractivity contribution in [2.45, 2.75) is 32.7 Å². The molecule has 0 aliphatic carbocycles. The van der Waals surface area contributed by atoms with Gasteiger partial charge in [-0.15, -0.1) is 0 Å². The minimum atomic E-state index is 0.453. The first-order chi connectivity index (χ1) is 5.74. The van der Waals surface area contributed by atoms with E-state index in [1.54, 1.807) is 0 Å². The van der Waals surface area contributed by atoms with E-state index in [0.717, 1.165) is 11.6 Å². The van der Waals surface area contributed by atoms with Gasteiger partial charge in [-0.05, 0) is 25.5 Å². The Bertz CT molecular complexity index is 196. The Morgan fingerprint density at radius 3 is 2.92 bits per heavy atom. The molecule has 0 aromatic rings. The number of halogens is 1. The van der Waals surface area contributed by atoms with Gasteiger partial charge in [0.05, 0.1) is 0 Å². The molecule has 1 nitrogen and oxygen atoms in total. The molecule has 1 atom stereocenters. The fourth-order valence-corrected chi connectivity index (χ4v) is 1.54. The van der Waals surface area contributed by atoms with E-state index in [9.17, 15) is 0 Å². The van der Waals surface area contributed by atoms with Crippen LogP contribution < -0.4 is 0 Å². The first kappa shape index (κ1) is 9.66. The molecule has 0 saturated heterocycles. The van der Waals surface area contributed by atoms with Crippen LogP contribution in [0.5, 0.6) is 0 Å². The van der Waals surface area contributed by atoms with E-state index in [-0.39, 0.29) is 0 Å². The molecule has 0 fully saturated rings. The molecule has 1 aliphatic heterocycles. The summed E-state index contributed by atoms with van der Waals surface area (Å²) in [5, 5.41) is 0.857. The summed E-state index contributed by atoms with van der Waals surface area (Å²) in [5.41, 5.74) is 0. The molecule has 0 bridgehead atoms. The van der Waals surface area contributed by atoms with Crippen molar-refractivity contribution in [1.82, 2.24) is 4.90 Å². The summed E-state index contributed by atoms with van der Waals surface area (Å²) in [7, 11) is 0. The Balaban J connectivity index is 2.43. The fourth-order valence-electron chi connectivity index (χ4n) is 1.30. The maximum absolute atomic E-state index is 5.86. The van der Waals surface area contributed by atoms with Gasteiger partial charge in [0, 0.05) is 23.8 Å². The second kappa shape index (κ2) is 4.56. The lowest BCUT2D eigenvalue weighted by molar-refractivity contribution is 0.326. The molecule has 0 saturated carbocycles. The monoisotopic (exact) mass is 185 g/mol. The third-order valence-electron chi connectivity index (χ3n) is 2.12. The standard InChI is InChI=1S/C10H16ClN/c1-3-4-6-12-7-5-10(11)8-9(12)2/h5,7-9H,3-4,6H2,1-2H3. The SMILES string of the molecule is CCCCN1C=CC(Cl)=CC1C. The Hall–Kier alpha value is -0.430. The van der Waals surface area contributed by atoms with Gasteiger partial charge >= 0.3 is 0 Å². The summed E-state index contributed by atoms with van der Waals surface area (Å²) in [6.07, 6.45) is 8.62. The molecule has 1 heterocycles. The van der Waals surface area contributed by atoms with Crippen LogP contribution in [-0.4, -0.2) is 17.5 Å². The van der Waals surface area contributed by atoms with Crippen LogP contribution in [0.4, 0.5) is 0 Å². The maximum Gasteiger partial charge on any atom is 0.0456 e. The van der Waals surface area contributed by atoms with E-state index >= 15 is 0 Å². The predicted octanol–water partition coefficient (Wildman–Crippen LogP) is 3.13. The summed E-state index contributed by atoms with van der Waals surface area (Å²) >= 11 is 5.86. The Labute approximate surface area is 79.7 Å². The number of hydrogen-bond acceptors (Lipinski definition) is 1. The lowest BCUT2D eigenvalue weighted by Gasteiger charge is -2.28. The average molecular weight is 186 g/mol. The average Bonchev–Trinajstić information content (AvgIpc) is 2.03. The van der Waals surface area contributed by atoms with Gasteiger partial charge in [-0.25, -0.2) is 0 Å². The first-order valence-corrected chi connectivity index (χ1v) is 4.93. The fraction of sp³-hybridized carbons (Fsp3) is 0.600. The molecule has 0 amide bonds. The van der Waals surface area contributed by atoms with E-state index in [1.807, 2.05) is 6.08 Å². The summed E-state index contributed by atoms with van der Waals surface area (Å²) in [4.78, 5) is 2.31. The minimum absolute atomic E-state index is 0.453. The van der Waals surface area contributed by atoms with Crippen molar-refractivity contribution in [1.29, 1.82) is 0 Å². The number of rotatable bonds is 3. The molecule has 0 aromatic carbocycles. The second-order valence-electron chi connectivity index (χ2n) is 3.20. The first-order valence-electron chi connectivity index (χ1n) is 4.55. The summed E-state index contributed by atoms with van der Waals surface area (Å²) in [6.45, 7) is 5.51. The van der Waals surface area contributed by atoms with Gasteiger partial charge in [-0.1, -0.05) is 24.9 Å². The molecule has 0 spiro atoms. The van der Waals surface area contributed by atoms with Crippen molar-refractivity contribution in [3.63, 3.8) is 0 Å². The van der Waals surface area contributed by atoms with Crippen molar-refractivity contribution in [3.8, 4) is 0 Å². The van der Waals surface area contributed by atoms with Gasteiger partial charge < -0.3 is 4.90 Å². The zero-order valence-corrected chi connectivity index (χ0v) is 8.51. The lowest BCUT2D eigenvalue weighted by Crippen LogP contribution is -2.29. The zero-order valence-electron chi connectivity index (χ0n) is 7.76. The van der Waals surface area contributed by atoms with Crippen LogP contribution in [0.25, 0.3) is 0 Å². The topological polar surface area (TPSA) is 3.24 Å². The molecular formula is C10H16ClN. The molecule has 1 unspecified atom stereocenters. The molecule has 68 valence electrons. The van der Waals surface area contributed by atoms with Crippen LogP contribution >= 0.6 is 11.6 Å². The molecule has 12 heavy (non-hydrogen) atoms. The second-order valence-corrected chi connectivity index (χ2v) is 3.64. The van der Waals surface area contributed by atoms with Crippen LogP contribution in [0.3, 0.4) is 0 Å². The Morgan fingerprint density at radius 1 is 1.58 bits per heavy atom. The van der Waals surface area contributed by atoms with E-state index in [0.29, 0.717) is 6.04 Å². The van der Waals surface area contributed by atoms with Gasteiger partial charge in [-0.2, -0.15) is 0 Å². The van der Waals surface area contributed by atoms with Crippen molar-refractivity contribution < 1.29 is 0 Å². The van der Waals surface area contributed by atoms with Gasteiger partial charge in [-0.3, -0.25) is 0 Å². The predicted molar refractivity (Wildman–Crippen MR) is 54.2 cm³/mol. The highest BCUT2D eigenvalue weighted by Crippen LogP contribution is 2.16. The minimum Gasteiger partial charge on any atom is -0.371 e. The van der Waals surface area contributed by atoms with E-state index < -0.39 is 0 Å². The van der Waals surface area contributed by atoms with E-state index in [2.05, 4.69) is 31.0 Å². The van der Waals surface area contributed by atoms with Gasteiger partial charge in [0.2, 0.25) is 0 Å². The molecule has 0 radical (unpaired) electrons. The summed E-state index contributed by atoms with van der Waals surface area (Å²) in [5.74, 6) is 0. The van der Waals surface area contributed by atoms with Crippen molar-refractivity contribution in [2.24, 2.45) is 0 Å². The molecule has 1 rings (SSSR count). The molecular weight excluding hydrogens is 170 g/mol. The van der Waals surface area contributed by atoms with Gasteiger partial charge in [0.1, 0.15) is 0 Å². The third kappa shape index (κ3) is 2.56. The maximum atomic E-state index is 5.86. The highest BCUT2D eigenvalue weighted by molar-refractivity contribution is 6.31. The quantitative estimate of drug-likeness (QED) is 0.653. The van der Waals surface area contributed by atoms with Gasteiger partial charge in [0.25, 0.3) is 0 Å². The molecule has 1 aliphatic rings. The van der Waals surface area contributed by atoms with Gasteiger partial charge in [0.15, 0.2) is 0 Å². The Morgan fingerprint density at radius 2 is 2.33 bits per heavy atom. The molecule has 0 N–H and O–H groups in total. The summed E-state index contributed by atoms with van der Waals surface area (Å²) in [6, 6.07) is 0.453. The number of allylic oxidation sites excluding steroid dienone is 2. The zero-order chi connectivity index (χ0) is 8.97. The number of nitrogens with zero attached hydrogens (tertiary/aromatic N) is 1.